The summed E-state index contributed by atoms with van der Waals surface area (Å²) < 4.78 is 0. The van der Waals surface area contributed by atoms with Gasteiger partial charge >= 0.3 is 6.03 Å². The lowest BCUT2D eigenvalue weighted by atomic mass is 9.85. The van der Waals surface area contributed by atoms with E-state index in [-0.39, 0.29) is 23.4 Å². The zero-order valence-corrected chi connectivity index (χ0v) is 17.8. The van der Waals surface area contributed by atoms with Gasteiger partial charge < -0.3 is 10.6 Å². The van der Waals surface area contributed by atoms with Crippen molar-refractivity contribution in [3.8, 4) is 0 Å². The summed E-state index contributed by atoms with van der Waals surface area (Å²) in [5.74, 6) is -0.153. The van der Waals surface area contributed by atoms with Crippen molar-refractivity contribution >= 4 is 11.9 Å². The molecule has 1 aromatic rings. The second kappa shape index (κ2) is 7.84. The van der Waals surface area contributed by atoms with Crippen LogP contribution >= 0.6 is 0 Å². The van der Waals surface area contributed by atoms with Crippen molar-refractivity contribution in [3.63, 3.8) is 0 Å². The molecule has 154 valence electrons. The van der Waals surface area contributed by atoms with Gasteiger partial charge in [-0.3, -0.25) is 14.6 Å². The molecule has 1 atom stereocenters. The molecule has 0 spiro atoms. The van der Waals surface area contributed by atoms with E-state index in [1.807, 2.05) is 0 Å². The maximum Gasteiger partial charge on any atom is 0.325 e. The maximum atomic E-state index is 12.4. The number of nitrogens with zero attached hydrogens (tertiary/aromatic N) is 2. The number of carbonyl (C=O) groups excluding carboxylic acids is 2. The summed E-state index contributed by atoms with van der Waals surface area (Å²) in [7, 11) is 0. The molecule has 0 radical (unpaired) electrons. The zero-order chi connectivity index (χ0) is 20.5. The fourth-order valence-electron chi connectivity index (χ4n) is 3.98. The Kier molecular flexibility index (Phi) is 5.82. The minimum absolute atomic E-state index is 0.0769. The Morgan fingerprint density at radius 1 is 1.18 bits per heavy atom. The lowest BCUT2D eigenvalue weighted by molar-refractivity contribution is -0.130. The molecule has 2 aliphatic heterocycles. The summed E-state index contributed by atoms with van der Waals surface area (Å²) in [6.07, 6.45) is 1.09. The van der Waals surface area contributed by atoms with Gasteiger partial charge in [0.1, 0.15) is 5.54 Å². The van der Waals surface area contributed by atoms with Crippen LogP contribution in [-0.2, 0) is 17.8 Å². The summed E-state index contributed by atoms with van der Waals surface area (Å²) in [4.78, 5) is 28.2. The molecule has 3 rings (SSSR count). The number of carbonyl (C=O) groups is 2. The average molecular weight is 387 g/mol. The van der Waals surface area contributed by atoms with Gasteiger partial charge in [0.2, 0.25) is 0 Å². The molecule has 2 heterocycles. The molecule has 1 aromatic carbocycles. The molecule has 0 aliphatic carbocycles. The second-order valence-electron chi connectivity index (χ2n) is 9.64. The molecule has 3 amide bonds. The van der Waals surface area contributed by atoms with Crippen LogP contribution in [0.25, 0.3) is 0 Å². The molecule has 0 aromatic heterocycles. The summed E-state index contributed by atoms with van der Waals surface area (Å²) in [6, 6.07) is 8.65. The predicted octanol–water partition coefficient (Wildman–Crippen LogP) is 2.38. The van der Waals surface area contributed by atoms with Crippen LogP contribution in [-0.4, -0.2) is 59.5 Å². The SMILES string of the molecule is CC1(C)NC(=O)N(CCN[C@H](CN2CCc3ccccc3C2)C(C)(C)C)C1=O. The number of hydrogen-bond donors (Lipinski definition) is 2. The highest BCUT2D eigenvalue weighted by Gasteiger charge is 2.43. The van der Waals surface area contributed by atoms with Gasteiger partial charge in [-0.05, 0) is 36.8 Å². The topological polar surface area (TPSA) is 64.7 Å². The van der Waals surface area contributed by atoms with Crippen molar-refractivity contribution in [2.45, 2.75) is 59.2 Å². The van der Waals surface area contributed by atoms with Crippen LogP contribution in [0.15, 0.2) is 24.3 Å². The van der Waals surface area contributed by atoms with Crippen LogP contribution in [0, 0.1) is 5.41 Å². The van der Waals surface area contributed by atoms with E-state index in [4.69, 9.17) is 0 Å². The Morgan fingerprint density at radius 3 is 2.46 bits per heavy atom. The summed E-state index contributed by atoms with van der Waals surface area (Å²) in [5, 5.41) is 6.35. The van der Waals surface area contributed by atoms with Crippen molar-refractivity contribution in [1.82, 2.24) is 20.4 Å². The lowest BCUT2D eigenvalue weighted by Crippen LogP contribution is -2.51. The van der Waals surface area contributed by atoms with Crippen LogP contribution in [0.2, 0.25) is 0 Å². The van der Waals surface area contributed by atoms with E-state index in [1.165, 1.54) is 16.0 Å². The van der Waals surface area contributed by atoms with Gasteiger partial charge in [0.15, 0.2) is 0 Å². The summed E-state index contributed by atoms with van der Waals surface area (Å²) in [6.45, 7) is 14.2. The first-order chi connectivity index (χ1) is 13.1. The molecular weight excluding hydrogens is 352 g/mol. The van der Waals surface area contributed by atoms with Gasteiger partial charge in [-0.2, -0.15) is 0 Å². The first-order valence-corrected chi connectivity index (χ1v) is 10.2. The van der Waals surface area contributed by atoms with Crippen molar-refractivity contribution in [1.29, 1.82) is 0 Å². The number of imide groups is 1. The van der Waals surface area contributed by atoms with Crippen LogP contribution in [0.4, 0.5) is 4.79 Å². The van der Waals surface area contributed by atoms with Crippen LogP contribution < -0.4 is 10.6 Å². The molecule has 6 heteroatoms. The van der Waals surface area contributed by atoms with Gasteiger partial charge in [0.25, 0.3) is 5.91 Å². The fourth-order valence-corrected chi connectivity index (χ4v) is 3.98. The van der Waals surface area contributed by atoms with E-state index in [2.05, 4.69) is 60.6 Å². The molecule has 0 saturated carbocycles. The second-order valence-corrected chi connectivity index (χ2v) is 9.64. The number of rotatable bonds is 6. The van der Waals surface area contributed by atoms with E-state index >= 15 is 0 Å². The van der Waals surface area contributed by atoms with Crippen molar-refractivity contribution in [2.75, 3.05) is 26.2 Å². The number of fused-ring (bicyclic) bond motifs is 1. The highest BCUT2D eigenvalue weighted by Crippen LogP contribution is 2.24. The van der Waals surface area contributed by atoms with Gasteiger partial charge in [-0.25, -0.2) is 4.79 Å². The Morgan fingerprint density at radius 2 is 1.86 bits per heavy atom. The van der Waals surface area contributed by atoms with Gasteiger partial charge in [0.05, 0.1) is 0 Å². The minimum atomic E-state index is -0.804. The number of urea groups is 1. The first kappa shape index (κ1) is 20.8. The molecular formula is C22H34N4O2. The van der Waals surface area contributed by atoms with E-state index in [1.54, 1.807) is 13.8 Å². The third-order valence-electron chi connectivity index (χ3n) is 5.87. The summed E-state index contributed by atoms with van der Waals surface area (Å²) in [5.41, 5.74) is 2.15. The minimum Gasteiger partial charge on any atom is -0.324 e. The number of benzene rings is 1. The van der Waals surface area contributed by atoms with Crippen LogP contribution in [0.3, 0.4) is 0 Å². The van der Waals surface area contributed by atoms with Crippen molar-refractivity contribution < 1.29 is 9.59 Å². The largest absolute Gasteiger partial charge is 0.325 e. The van der Waals surface area contributed by atoms with E-state index in [0.29, 0.717) is 13.1 Å². The van der Waals surface area contributed by atoms with Crippen molar-refractivity contribution in [3.05, 3.63) is 35.4 Å². The summed E-state index contributed by atoms with van der Waals surface area (Å²) >= 11 is 0. The molecule has 2 N–H and O–H groups in total. The maximum absolute atomic E-state index is 12.4. The third kappa shape index (κ3) is 4.55. The average Bonchev–Trinajstić information content (AvgIpc) is 2.81. The number of hydrogen-bond acceptors (Lipinski definition) is 4. The van der Waals surface area contributed by atoms with E-state index in [9.17, 15) is 9.59 Å². The van der Waals surface area contributed by atoms with Gasteiger partial charge in [0, 0.05) is 38.8 Å². The Labute approximate surface area is 168 Å². The van der Waals surface area contributed by atoms with Crippen LogP contribution in [0.1, 0.15) is 45.7 Å². The van der Waals surface area contributed by atoms with E-state index < -0.39 is 5.54 Å². The first-order valence-electron chi connectivity index (χ1n) is 10.2. The Balaban J connectivity index is 1.57. The molecule has 28 heavy (non-hydrogen) atoms. The van der Waals surface area contributed by atoms with Crippen LogP contribution in [0.5, 0.6) is 0 Å². The molecule has 2 aliphatic rings. The fraction of sp³-hybridized carbons (Fsp3) is 0.636. The lowest BCUT2D eigenvalue weighted by Gasteiger charge is -2.38. The van der Waals surface area contributed by atoms with Crippen molar-refractivity contribution in [2.24, 2.45) is 5.41 Å². The van der Waals surface area contributed by atoms with Gasteiger partial charge in [-0.1, -0.05) is 45.0 Å². The molecule has 0 unspecified atom stereocenters. The number of nitrogens with one attached hydrogen (secondary N) is 2. The predicted molar refractivity (Wildman–Crippen MR) is 111 cm³/mol. The molecule has 0 bridgehead atoms. The van der Waals surface area contributed by atoms with Gasteiger partial charge in [-0.15, -0.1) is 0 Å². The molecule has 6 nitrogen and oxygen atoms in total. The third-order valence-corrected chi connectivity index (χ3v) is 5.87. The Bertz CT molecular complexity index is 738. The molecule has 1 fully saturated rings. The van der Waals surface area contributed by atoms with E-state index in [0.717, 1.165) is 26.1 Å². The highest BCUT2D eigenvalue weighted by atomic mass is 16.2. The standard InChI is InChI=1S/C22H34N4O2/c1-21(2,3)18(15-25-12-10-16-8-6-7-9-17(16)14-25)23-11-13-26-19(27)22(4,5)24-20(26)28/h6-9,18,23H,10-15H2,1-5H3,(H,24,28)/t18-/m1/s1. The highest BCUT2D eigenvalue weighted by molar-refractivity contribution is 6.06. The normalized spacial score (nSPS) is 20.8. The Hall–Kier alpha value is -1.92. The monoisotopic (exact) mass is 386 g/mol. The smallest absolute Gasteiger partial charge is 0.324 e. The number of amides is 3. The zero-order valence-electron chi connectivity index (χ0n) is 17.8. The quantitative estimate of drug-likeness (QED) is 0.737. The molecule has 1 saturated heterocycles.